The summed E-state index contributed by atoms with van der Waals surface area (Å²) in [6.45, 7) is 2.10. The standard InChI is InChI=1S/C8H13BrN4S/c1-5(4-14-2)12-7-6(9)3-11-8(10)13-7/h3,5H,4H2,1-2H3,(H3,10,11,12,13). The topological polar surface area (TPSA) is 63.8 Å². The molecule has 0 spiro atoms. The van der Waals surface area contributed by atoms with Gasteiger partial charge < -0.3 is 11.1 Å². The Bertz CT molecular complexity index is 307. The summed E-state index contributed by atoms with van der Waals surface area (Å²) in [5.41, 5.74) is 5.49. The Balaban J connectivity index is 2.70. The molecule has 78 valence electrons. The summed E-state index contributed by atoms with van der Waals surface area (Å²) in [5, 5.41) is 3.25. The highest BCUT2D eigenvalue weighted by atomic mass is 79.9. The van der Waals surface area contributed by atoms with Crippen molar-refractivity contribution in [3.63, 3.8) is 0 Å². The smallest absolute Gasteiger partial charge is 0.221 e. The maximum atomic E-state index is 5.49. The number of hydrogen-bond donors (Lipinski definition) is 2. The van der Waals surface area contributed by atoms with Crippen LogP contribution in [-0.2, 0) is 0 Å². The van der Waals surface area contributed by atoms with E-state index in [0.717, 1.165) is 16.0 Å². The molecule has 0 saturated heterocycles. The van der Waals surface area contributed by atoms with E-state index in [2.05, 4.69) is 44.4 Å². The summed E-state index contributed by atoms with van der Waals surface area (Å²) in [4.78, 5) is 7.96. The zero-order valence-electron chi connectivity index (χ0n) is 8.12. The Labute approximate surface area is 96.2 Å². The van der Waals surface area contributed by atoms with Gasteiger partial charge in [-0.15, -0.1) is 0 Å². The fraction of sp³-hybridized carbons (Fsp3) is 0.500. The summed E-state index contributed by atoms with van der Waals surface area (Å²) in [6.07, 6.45) is 3.72. The zero-order valence-corrected chi connectivity index (χ0v) is 10.5. The van der Waals surface area contributed by atoms with Crippen molar-refractivity contribution in [3.8, 4) is 0 Å². The van der Waals surface area contributed by atoms with Crippen LogP contribution in [0.4, 0.5) is 11.8 Å². The molecule has 0 fully saturated rings. The molecule has 0 bridgehead atoms. The molecule has 0 amide bonds. The second kappa shape index (κ2) is 5.41. The number of hydrogen-bond acceptors (Lipinski definition) is 5. The maximum absolute atomic E-state index is 5.49. The Hall–Kier alpha value is -0.490. The van der Waals surface area contributed by atoms with Gasteiger partial charge in [-0.2, -0.15) is 16.7 Å². The van der Waals surface area contributed by atoms with E-state index in [9.17, 15) is 0 Å². The van der Waals surface area contributed by atoms with Crippen LogP contribution >= 0.6 is 27.7 Å². The number of anilines is 2. The molecule has 4 nitrogen and oxygen atoms in total. The SMILES string of the molecule is CSCC(C)Nc1nc(N)ncc1Br. The van der Waals surface area contributed by atoms with Crippen molar-refractivity contribution in [2.45, 2.75) is 13.0 Å². The predicted molar refractivity (Wildman–Crippen MR) is 65.6 cm³/mol. The van der Waals surface area contributed by atoms with Crippen molar-refractivity contribution in [1.29, 1.82) is 0 Å². The second-order valence-corrected chi connectivity index (χ2v) is 4.69. The molecule has 0 saturated carbocycles. The highest BCUT2D eigenvalue weighted by molar-refractivity contribution is 9.10. The fourth-order valence-electron chi connectivity index (χ4n) is 1.01. The first-order valence-corrected chi connectivity index (χ1v) is 6.35. The number of thioether (sulfide) groups is 1. The van der Waals surface area contributed by atoms with Crippen LogP contribution in [0.1, 0.15) is 6.92 Å². The Morgan fingerprint density at radius 1 is 1.71 bits per heavy atom. The third kappa shape index (κ3) is 3.34. The molecule has 1 aromatic heterocycles. The van der Waals surface area contributed by atoms with Gasteiger partial charge >= 0.3 is 0 Å². The first kappa shape index (κ1) is 11.6. The molecule has 1 aromatic rings. The number of rotatable bonds is 4. The van der Waals surface area contributed by atoms with Crippen molar-refractivity contribution >= 4 is 39.5 Å². The molecule has 6 heteroatoms. The minimum atomic E-state index is 0.284. The van der Waals surface area contributed by atoms with Gasteiger partial charge in [0.2, 0.25) is 5.95 Å². The largest absolute Gasteiger partial charge is 0.368 e. The molecule has 1 heterocycles. The lowest BCUT2D eigenvalue weighted by Gasteiger charge is -2.14. The predicted octanol–water partition coefficient (Wildman–Crippen LogP) is 1.98. The van der Waals surface area contributed by atoms with Gasteiger partial charge in [0.25, 0.3) is 0 Å². The van der Waals surface area contributed by atoms with Crippen molar-refractivity contribution in [1.82, 2.24) is 9.97 Å². The number of nitrogens with two attached hydrogens (primary N) is 1. The lowest BCUT2D eigenvalue weighted by atomic mass is 10.4. The number of nitrogens with zero attached hydrogens (tertiary/aromatic N) is 2. The van der Waals surface area contributed by atoms with Crippen LogP contribution < -0.4 is 11.1 Å². The first-order valence-electron chi connectivity index (χ1n) is 4.17. The highest BCUT2D eigenvalue weighted by Crippen LogP contribution is 2.20. The van der Waals surface area contributed by atoms with Gasteiger partial charge in [-0.1, -0.05) is 0 Å². The maximum Gasteiger partial charge on any atom is 0.221 e. The Morgan fingerprint density at radius 2 is 2.43 bits per heavy atom. The van der Waals surface area contributed by atoms with Crippen LogP contribution in [0.3, 0.4) is 0 Å². The number of nitrogen functional groups attached to an aromatic ring is 1. The third-order valence-electron chi connectivity index (χ3n) is 1.56. The van der Waals surface area contributed by atoms with E-state index in [0.29, 0.717) is 6.04 Å². The van der Waals surface area contributed by atoms with Gasteiger partial charge in [-0.3, -0.25) is 0 Å². The van der Waals surface area contributed by atoms with Crippen molar-refractivity contribution < 1.29 is 0 Å². The van der Waals surface area contributed by atoms with Gasteiger partial charge in [0, 0.05) is 18.0 Å². The monoisotopic (exact) mass is 276 g/mol. The molecule has 0 aliphatic carbocycles. The average molecular weight is 277 g/mol. The highest BCUT2D eigenvalue weighted by Gasteiger charge is 2.06. The van der Waals surface area contributed by atoms with Crippen molar-refractivity contribution in [3.05, 3.63) is 10.7 Å². The fourth-order valence-corrected chi connectivity index (χ4v) is 1.90. The van der Waals surface area contributed by atoms with Gasteiger partial charge in [0.05, 0.1) is 4.47 Å². The van der Waals surface area contributed by atoms with E-state index in [1.54, 1.807) is 18.0 Å². The summed E-state index contributed by atoms with van der Waals surface area (Å²) in [5.74, 6) is 2.06. The second-order valence-electron chi connectivity index (χ2n) is 2.93. The minimum Gasteiger partial charge on any atom is -0.368 e. The molecule has 0 aliphatic rings. The molecule has 1 atom stereocenters. The molecule has 0 aliphatic heterocycles. The summed E-state index contributed by atoms with van der Waals surface area (Å²) in [7, 11) is 0. The Morgan fingerprint density at radius 3 is 3.07 bits per heavy atom. The van der Waals surface area contributed by atoms with E-state index >= 15 is 0 Å². The molecular weight excluding hydrogens is 264 g/mol. The number of halogens is 1. The average Bonchev–Trinajstić information content (AvgIpc) is 2.12. The molecule has 1 rings (SSSR count). The van der Waals surface area contributed by atoms with Crippen LogP contribution in [0.25, 0.3) is 0 Å². The van der Waals surface area contributed by atoms with Crippen LogP contribution in [0, 0.1) is 0 Å². The summed E-state index contributed by atoms with van der Waals surface area (Å²) in [6, 6.07) is 0.357. The third-order valence-corrected chi connectivity index (χ3v) is 2.98. The summed E-state index contributed by atoms with van der Waals surface area (Å²) >= 11 is 5.15. The quantitative estimate of drug-likeness (QED) is 0.881. The molecule has 14 heavy (non-hydrogen) atoms. The number of nitrogens with one attached hydrogen (secondary N) is 1. The van der Waals surface area contributed by atoms with E-state index < -0.39 is 0 Å². The normalized spacial score (nSPS) is 12.5. The lowest BCUT2D eigenvalue weighted by molar-refractivity contribution is 0.899. The Kier molecular flexibility index (Phi) is 4.47. The van der Waals surface area contributed by atoms with Crippen LogP contribution in [0.5, 0.6) is 0 Å². The molecule has 1 unspecified atom stereocenters. The molecule has 0 aromatic carbocycles. The van der Waals surface area contributed by atoms with Gasteiger partial charge in [-0.05, 0) is 29.1 Å². The van der Waals surface area contributed by atoms with Crippen LogP contribution in [0.2, 0.25) is 0 Å². The summed E-state index contributed by atoms with van der Waals surface area (Å²) < 4.78 is 0.833. The van der Waals surface area contributed by atoms with Crippen molar-refractivity contribution in [2.24, 2.45) is 0 Å². The van der Waals surface area contributed by atoms with Gasteiger partial charge in [0.1, 0.15) is 5.82 Å². The molecule has 3 N–H and O–H groups in total. The van der Waals surface area contributed by atoms with E-state index in [1.165, 1.54) is 0 Å². The number of aromatic nitrogens is 2. The van der Waals surface area contributed by atoms with E-state index in [1.807, 2.05) is 0 Å². The molecule has 0 radical (unpaired) electrons. The van der Waals surface area contributed by atoms with Crippen molar-refractivity contribution in [2.75, 3.05) is 23.1 Å². The molecular formula is C8H13BrN4S. The minimum absolute atomic E-state index is 0.284. The van der Waals surface area contributed by atoms with Gasteiger partial charge in [0.15, 0.2) is 0 Å². The zero-order chi connectivity index (χ0) is 10.6. The van der Waals surface area contributed by atoms with Crippen LogP contribution in [0.15, 0.2) is 10.7 Å². The van der Waals surface area contributed by atoms with E-state index in [-0.39, 0.29) is 5.95 Å². The lowest BCUT2D eigenvalue weighted by Crippen LogP contribution is -2.19. The first-order chi connectivity index (χ1) is 6.63. The van der Waals surface area contributed by atoms with Gasteiger partial charge in [-0.25, -0.2) is 4.98 Å². The van der Waals surface area contributed by atoms with E-state index in [4.69, 9.17) is 5.73 Å². The van der Waals surface area contributed by atoms with Crippen LogP contribution in [-0.4, -0.2) is 28.0 Å².